The molecule has 0 saturated carbocycles. The van der Waals surface area contributed by atoms with Crippen LogP contribution in [-0.4, -0.2) is 79.8 Å². The van der Waals surface area contributed by atoms with Crippen LogP contribution in [0.1, 0.15) is 46.4 Å². The van der Waals surface area contributed by atoms with E-state index in [0.717, 1.165) is 44.7 Å². The van der Waals surface area contributed by atoms with E-state index in [0.29, 0.717) is 39.4 Å². The first kappa shape index (κ1) is 25.6. The zero-order valence-corrected chi connectivity index (χ0v) is 22.2. The summed E-state index contributed by atoms with van der Waals surface area (Å²) < 4.78 is 13.3. The quantitative estimate of drug-likeness (QED) is 0.276. The molecule has 188 valence electrons. The van der Waals surface area contributed by atoms with E-state index in [-0.39, 0.29) is 26.5 Å². The fourth-order valence-electron chi connectivity index (χ4n) is 3.94. The first-order chi connectivity index (χ1) is 16.8. The van der Waals surface area contributed by atoms with E-state index in [2.05, 4.69) is 41.0 Å². The molecule has 1 saturated heterocycles. The Bertz CT molecular complexity index is 1180. The number of primary amides is 1. The van der Waals surface area contributed by atoms with Crippen LogP contribution in [0.3, 0.4) is 0 Å². The van der Waals surface area contributed by atoms with Gasteiger partial charge in [-0.05, 0) is 0 Å². The molecule has 0 atom stereocenters. The molecule has 9 nitrogen and oxygen atoms in total. The Labute approximate surface area is 211 Å². The standard InChI is InChI=1S/C25H33N5O4Se/c1-25(2,3)21-13-19(22(35-21)23(26)32)29-24-17-12-20(16(14-31)11-18(17)27-15-28-24)34-8-4-5-30-6-9-33-10-7-30/h11-13,15,31H,4-10,14H2,1-3H3,(H2,26,32)(H,27,28,29). The van der Waals surface area contributed by atoms with Crippen molar-refractivity contribution >= 4 is 42.8 Å². The van der Waals surface area contributed by atoms with E-state index < -0.39 is 5.91 Å². The summed E-state index contributed by atoms with van der Waals surface area (Å²) in [5.41, 5.74) is 7.67. The van der Waals surface area contributed by atoms with E-state index in [1.807, 2.05) is 18.2 Å². The average Bonchev–Trinajstić information content (AvgIpc) is 3.27. The topological polar surface area (TPSA) is 123 Å². The molecule has 10 heteroatoms. The van der Waals surface area contributed by atoms with Gasteiger partial charge >= 0.3 is 180 Å². The summed E-state index contributed by atoms with van der Waals surface area (Å²) in [6.07, 6.45) is 2.34. The molecular formula is C25H33N5O4Se. The molecule has 0 unspecified atom stereocenters. The SMILES string of the molecule is CC(C)(C)c1cc(Nc2ncnc3cc(CO)c(OCCCN4CCOCC4)cc23)c(C(N)=O)[se]1. The second kappa shape index (κ2) is 11.1. The van der Waals surface area contributed by atoms with Crippen molar-refractivity contribution < 1.29 is 19.4 Å². The Morgan fingerprint density at radius 2 is 2.03 bits per heavy atom. The average molecular weight is 547 g/mol. The fraction of sp³-hybridized carbons (Fsp3) is 0.480. The summed E-state index contributed by atoms with van der Waals surface area (Å²) in [5.74, 6) is 0.743. The summed E-state index contributed by atoms with van der Waals surface area (Å²) in [6, 6.07) is 5.69. The first-order valence-electron chi connectivity index (χ1n) is 11.8. The number of nitrogens with two attached hydrogens (primary N) is 1. The van der Waals surface area contributed by atoms with Gasteiger partial charge in [0.05, 0.1) is 13.2 Å². The number of ether oxygens (including phenoxy) is 2. The van der Waals surface area contributed by atoms with E-state index in [1.54, 1.807) is 0 Å². The number of aromatic nitrogens is 2. The maximum absolute atomic E-state index is 12.2. The number of benzene rings is 1. The number of carbonyl (C=O) groups excluding carboxylic acids is 1. The zero-order chi connectivity index (χ0) is 25.0. The Balaban J connectivity index is 1.57. The monoisotopic (exact) mass is 547 g/mol. The van der Waals surface area contributed by atoms with Crippen LogP contribution in [0.4, 0.5) is 11.5 Å². The summed E-state index contributed by atoms with van der Waals surface area (Å²) in [7, 11) is 0. The maximum atomic E-state index is 12.2. The van der Waals surface area contributed by atoms with Gasteiger partial charge in [-0.15, -0.1) is 0 Å². The molecule has 1 amide bonds. The van der Waals surface area contributed by atoms with Gasteiger partial charge in [-0.25, -0.2) is 0 Å². The van der Waals surface area contributed by atoms with Gasteiger partial charge in [-0.2, -0.15) is 0 Å². The third-order valence-corrected chi connectivity index (χ3v) is 9.22. The number of fused-ring (bicyclic) bond motifs is 1. The molecular weight excluding hydrogens is 513 g/mol. The Morgan fingerprint density at radius 1 is 1.26 bits per heavy atom. The number of morpholine rings is 1. The number of amides is 1. The van der Waals surface area contributed by atoms with Gasteiger partial charge in [-0.1, -0.05) is 0 Å². The van der Waals surface area contributed by atoms with Gasteiger partial charge in [0, 0.05) is 13.1 Å². The molecule has 1 aromatic carbocycles. The summed E-state index contributed by atoms with van der Waals surface area (Å²) in [5, 5.41) is 14.0. The molecule has 3 aromatic rings. The number of aliphatic hydroxyl groups is 1. The number of nitrogens with zero attached hydrogens (tertiary/aromatic N) is 3. The molecule has 1 aliphatic heterocycles. The van der Waals surface area contributed by atoms with Crippen molar-refractivity contribution in [3.8, 4) is 5.75 Å². The predicted octanol–water partition coefficient (Wildman–Crippen LogP) is 2.42. The Hall–Kier alpha value is -2.49. The van der Waals surface area contributed by atoms with Crippen LogP contribution in [-0.2, 0) is 16.8 Å². The summed E-state index contributed by atoms with van der Waals surface area (Å²) in [6.45, 7) is 11.1. The number of nitrogens with one attached hydrogen (secondary N) is 1. The van der Waals surface area contributed by atoms with Gasteiger partial charge < -0.3 is 4.74 Å². The molecule has 0 radical (unpaired) electrons. The van der Waals surface area contributed by atoms with Crippen LogP contribution in [0.25, 0.3) is 10.9 Å². The third-order valence-electron chi connectivity index (χ3n) is 5.92. The first-order valence-corrected chi connectivity index (χ1v) is 13.5. The van der Waals surface area contributed by atoms with E-state index in [9.17, 15) is 9.90 Å². The van der Waals surface area contributed by atoms with Gasteiger partial charge in [0.1, 0.15) is 0 Å². The minimum atomic E-state index is -0.423. The molecule has 0 aliphatic carbocycles. The molecule has 3 heterocycles. The van der Waals surface area contributed by atoms with Crippen LogP contribution >= 0.6 is 0 Å². The van der Waals surface area contributed by atoms with Crippen LogP contribution in [0.5, 0.6) is 5.75 Å². The fourth-order valence-corrected chi connectivity index (χ4v) is 6.09. The molecule has 1 fully saturated rings. The molecule has 4 rings (SSSR count). The van der Waals surface area contributed by atoms with Crippen molar-refractivity contribution in [1.29, 1.82) is 0 Å². The van der Waals surface area contributed by atoms with Gasteiger partial charge in [0.2, 0.25) is 0 Å². The zero-order valence-electron chi connectivity index (χ0n) is 20.5. The molecule has 4 N–H and O–H groups in total. The molecule has 2 aromatic heterocycles. The second-order valence-corrected chi connectivity index (χ2v) is 11.8. The normalized spacial score (nSPS) is 14.9. The number of hydrogen-bond donors (Lipinski definition) is 3. The van der Waals surface area contributed by atoms with Crippen molar-refractivity contribution in [2.24, 2.45) is 5.73 Å². The van der Waals surface area contributed by atoms with Crippen LogP contribution in [0, 0.1) is 0 Å². The van der Waals surface area contributed by atoms with Crippen LogP contribution in [0.2, 0.25) is 0 Å². The van der Waals surface area contributed by atoms with Crippen molar-refractivity contribution in [2.75, 3.05) is 44.8 Å². The number of rotatable bonds is 9. The molecule has 0 bridgehead atoms. The Morgan fingerprint density at radius 3 is 2.71 bits per heavy atom. The van der Waals surface area contributed by atoms with Gasteiger partial charge in [0.15, 0.2) is 0 Å². The Kier molecular flexibility index (Phi) is 8.08. The van der Waals surface area contributed by atoms with Crippen molar-refractivity contribution in [3.05, 3.63) is 39.0 Å². The van der Waals surface area contributed by atoms with E-state index >= 15 is 0 Å². The minimum absolute atomic E-state index is 0.0594. The van der Waals surface area contributed by atoms with Crippen LogP contribution in [0.15, 0.2) is 24.5 Å². The van der Waals surface area contributed by atoms with Gasteiger partial charge in [0.25, 0.3) is 0 Å². The van der Waals surface area contributed by atoms with Gasteiger partial charge in [-0.3, -0.25) is 0 Å². The van der Waals surface area contributed by atoms with Crippen molar-refractivity contribution in [3.63, 3.8) is 0 Å². The van der Waals surface area contributed by atoms with E-state index in [4.69, 9.17) is 15.2 Å². The summed E-state index contributed by atoms with van der Waals surface area (Å²) in [4.78, 5) is 23.3. The molecule has 0 spiro atoms. The number of anilines is 2. The number of carbonyl (C=O) groups is 1. The van der Waals surface area contributed by atoms with Crippen molar-refractivity contribution in [2.45, 2.75) is 39.2 Å². The number of hydrogen-bond acceptors (Lipinski definition) is 8. The summed E-state index contributed by atoms with van der Waals surface area (Å²) >= 11 is -0.145. The predicted molar refractivity (Wildman–Crippen MR) is 137 cm³/mol. The number of aliphatic hydroxyl groups excluding tert-OH is 1. The van der Waals surface area contributed by atoms with Crippen molar-refractivity contribution in [1.82, 2.24) is 14.9 Å². The second-order valence-electron chi connectivity index (χ2n) is 9.61. The molecule has 1 aliphatic rings. The third kappa shape index (κ3) is 6.20. The molecule has 35 heavy (non-hydrogen) atoms. The van der Waals surface area contributed by atoms with Crippen LogP contribution < -0.4 is 15.8 Å². The van der Waals surface area contributed by atoms with E-state index in [1.165, 1.54) is 10.8 Å².